The van der Waals surface area contributed by atoms with Crippen LogP contribution in [-0.2, 0) is 0 Å². The van der Waals surface area contributed by atoms with E-state index in [-0.39, 0.29) is 5.54 Å². The van der Waals surface area contributed by atoms with Gasteiger partial charge in [0.1, 0.15) is 0 Å². The van der Waals surface area contributed by atoms with Gasteiger partial charge in [-0.2, -0.15) is 0 Å². The van der Waals surface area contributed by atoms with Crippen molar-refractivity contribution in [1.82, 2.24) is 0 Å². The van der Waals surface area contributed by atoms with E-state index in [1.807, 2.05) is 0 Å². The maximum Gasteiger partial charge on any atom is 0.0128 e. The largest absolute Gasteiger partial charge is 0.325 e. The predicted octanol–water partition coefficient (Wildman–Crippen LogP) is 3.33. The Morgan fingerprint density at radius 1 is 1.25 bits per heavy atom. The van der Waals surface area contributed by atoms with Crippen LogP contribution < -0.4 is 5.73 Å². The third kappa shape index (κ3) is 5.59. The van der Waals surface area contributed by atoms with Crippen LogP contribution in [0.2, 0.25) is 0 Å². The van der Waals surface area contributed by atoms with E-state index >= 15 is 0 Å². The van der Waals surface area contributed by atoms with E-state index in [2.05, 4.69) is 27.7 Å². The van der Waals surface area contributed by atoms with E-state index in [1.165, 1.54) is 25.7 Å². The minimum absolute atomic E-state index is 0.0728. The van der Waals surface area contributed by atoms with Crippen LogP contribution in [0, 0.1) is 5.92 Å². The summed E-state index contributed by atoms with van der Waals surface area (Å²) >= 11 is 0. The van der Waals surface area contributed by atoms with Crippen LogP contribution in [-0.4, -0.2) is 5.54 Å². The van der Waals surface area contributed by atoms with E-state index in [9.17, 15) is 0 Å². The fourth-order valence-corrected chi connectivity index (χ4v) is 2.06. The quantitative estimate of drug-likeness (QED) is 0.652. The molecule has 0 aliphatic rings. The first-order valence-electron chi connectivity index (χ1n) is 5.30. The molecule has 0 saturated carbocycles. The molecule has 1 nitrogen and oxygen atoms in total. The van der Waals surface area contributed by atoms with Gasteiger partial charge in [-0.3, -0.25) is 0 Å². The fourth-order valence-electron chi connectivity index (χ4n) is 2.06. The van der Waals surface area contributed by atoms with Crippen LogP contribution in [0.5, 0.6) is 0 Å². The van der Waals surface area contributed by atoms with Crippen molar-refractivity contribution >= 4 is 0 Å². The molecule has 0 fully saturated rings. The highest BCUT2D eigenvalue weighted by molar-refractivity contribution is 4.79. The van der Waals surface area contributed by atoms with Crippen molar-refractivity contribution in [1.29, 1.82) is 0 Å². The summed E-state index contributed by atoms with van der Waals surface area (Å²) in [6, 6.07) is 0. The Morgan fingerprint density at radius 3 is 2.25 bits per heavy atom. The van der Waals surface area contributed by atoms with Crippen molar-refractivity contribution in [3.63, 3.8) is 0 Å². The monoisotopic (exact) mass is 171 g/mol. The third-order valence-corrected chi connectivity index (χ3v) is 2.42. The molecular formula is C11H25N. The zero-order chi connectivity index (χ0) is 9.61. The molecule has 0 spiro atoms. The summed E-state index contributed by atoms with van der Waals surface area (Å²) in [7, 11) is 0. The van der Waals surface area contributed by atoms with Gasteiger partial charge in [0, 0.05) is 5.54 Å². The van der Waals surface area contributed by atoms with E-state index < -0.39 is 0 Å². The van der Waals surface area contributed by atoms with Crippen molar-refractivity contribution in [3.8, 4) is 0 Å². The standard InChI is InChI=1S/C11H25N/c1-5-7-10(3)9-11(4,12)8-6-2/h10H,5-9,12H2,1-4H3. The van der Waals surface area contributed by atoms with E-state index in [0.717, 1.165) is 12.3 Å². The highest BCUT2D eigenvalue weighted by Gasteiger charge is 2.19. The van der Waals surface area contributed by atoms with Crippen LogP contribution in [0.25, 0.3) is 0 Å². The molecule has 0 amide bonds. The molecule has 0 aromatic rings. The van der Waals surface area contributed by atoms with Crippen LogP contribution >= 0.6 is 0 Å². The Kier molecular flexibility index (Phi) is 5.56. The first kappa shape index (κ1) is 12.0. The maximum atomic E-state index is 6.16. The lowest BCUT2D eigenvalue weighted by atomic mass is 9.85. The molecular weight excluding hydrogens is 146 g/mol. The van der Waals surface area contributed by atoms with Gasteiger partial charge in [-0.15, -0.1) is 0 Å². The van der Waals surface area contributed by atoms with E-state index in [1.54, 1.807) is 0 Å². The van der Waals surface area contributed by atoms with Gasteiger partial charge in [0.2, 0.25) is 0 Å². The van der Waals surface area contributed by atoms with Gasteiger partial charge in [-0.25, -0.2) is 0 Å². The van der Waals surface area contributed by atoms with Crippen molar-refractivity contribution < 1.29 is 0 Å². The van der Waals surface area contributed by atoms with Crippen molar-refractivity contribution in [2.24, 2.45) is 11.7 Å². The number of hydrogen-bond donors (Lipinski definition) is 1. The second-order valence-electron chi connectivity index (χ2n) is 4.50. The fraction of sp³-hybridized carbons (Fsp3) is 1.00. The molecule has 2 N–H and O–H groups in total. The predicted molar refractivity (Wildman–Crippen MR) is 56.2 cm³/mol. The van der Waals surface area contributed by atoms with Gasteiger partial charge < -0.3 is 5.73 Å². The van der Waals surface area contributed by atoms with E-state index in [0.29, 0.717) is 0 Å². The number of nitrogens with two attached hydrogens (primary N) is 1. The molecule has 0 aliphatic carbocycles. The minimum Gasteiger partial charge on any atom is -0.325 e. The second kappa shape index (κ2) is 5.58. The van der Waals surface area contributed by atoms with Crippen molar-refractivity contribution in [2.45, 2.75) is 65.3 Å². The Morgan fingerprint density at radius 2 is 1.83 bits per heavy atom. The summed E-state index contributed by atoms with van der Waals surface area (Å²) in [5.74, 6) is 0.788. The molecule has 12 heavy (non-hydrogen) atoms. The van der Waals surface area contributed by atoms with Gasteiger partial charge in [0.25, 0.3) is 0 Å². The zero-order valence-corrected chi connectivity index (χ0v) is 9.19. The van der Waals surface area contributed by atoms with Crippen LogP contribution in [0.4, 0.5) is 0 Å². The second-order valence-corrected chi connectivity index (χ2v) is 4.50. The van der Waals surface area contributed by atoms with Crippen LogP contribution in [0.1, 0.15) is 59.8 Å². The van der Waals surface area contributed by atoms with Crippen molar-refractivity contribution in [2.75, 3.05) is 0 Å². The average Bonchev–Trinajstić information content (AvgIpc) is 1.85. The lowest BCUT2D eigenvalue weighted by Gasteiger charge is -2.27. The molecule has 2 atom stereocenters. The first-order chi connectivity index (χ1) is 5.52. The molecule has 2 unspecified atom stereocenters. The summed E-state index contributed by atoms with van der Waals surface area (Å²) < 4.78 is 0. The van der Waals surface area contributed by atoms with Gasteiger partial charge >= 0.3 is 0 Å². The van der Waals surface area contributed by atoms with Crippen LogP contribution in [0.3, 0.4) is 0 Å². The van der Waals surface area contributed by atoms with Crippen molar-refractivity contribution in [3.05, 3.63) is 0 Å². The molecule has 74 valence electrons. The Balaban J connectivity index is 3.70. The summed E-state index contributed by atoms with van der Waals surface area (Å²) in [4.78, 5) is 0. The average molecular weight is 171 g/mol. The lowest BCUT2D eigenvalue weighted by molar-refractivity contribution is 0.319. The molecule has 0 rings (SSSR count). The van der Waals surface area contributed by atoms with Gasteiger partial charge in [0.15, 0.2) is 0 Å². The highest BCUT2D eigenvalue weighted by Crippen LogP contribution is 2.21. The molecule has 0 saturated heterocycles. The minimum atomic E-state index is 0.0728. The molecule has 0 aromatic heterocycles. The summed E-state index contributed by atoms with van der Waals surface area (Å²) in [5.41, 5.74) is 6.23. The molecule has 0 bridgehead atoms. The molecule has 0 heterocycles. The molecule has 1 heteroatoms. The normalized spacial score (nSPS) is 18.8. The summed E-state index contributed by atoms with van der Waals surface area (Å²) in [5, 5.41) is 0. The summed E-state index contributed by atoms with van der Waals surface area (Å²) in [6.45, 7) is 8.94. The Hall–Kier alpha value is -0.0400. The van der Waals surface area contributed by atoms with Gasteiger partial charge in [-0.1, -0.05) is 40.0 Å². The Labute approximate surface area is 77.7 Å². The Bertz CT molecular complexity index is 108. The molecule has 0 radical (unpaired) electrons. The van der Waals surface area contributed by atoms with E-state index in [4.69, 9.17) is 5.73 Å². The lowest BCUT2D eigenvalue weighted by Crippen LogP contribution is -2.37. The van der Waals surface area contributed by atoms with Gasteiger partial charge in [0.05, 0.1) is 0 Å². The number of hydrogen-bond acceptors (Lipinski definition) is 1. The zero-order valence-electron chi connectivity index (χ0n) is 9.19. The van der Waals surface area contributed by atoms with Crippen LogP contribution in [0.15, 0.2) is 0 Å². The highest BCUT2D eigenvalue weighted by atomic mass is 14.7. The van der Waals surface area contributed by atoms with Gasteiger partial charge in [-0.05, 0) is 25.7 Å². The molecule has 0 aromatic carbocycles. The SMILES string of the molecule is CCCC(C)CC(C)(N)CCC. The topological polar surface area (TPSA) is 26.0 Å². The maximum absolute atomic E-state index is 6.16. The molecule has 0 aliphatic heterocycles. The number of rotatable bonds is 6. The third-order valence-electron chi connectivity index (χ3n) is 2.42. The smallest absolute Gasteiger partial charge is 0.0128 e. The summed E-state index contributed by atoms with van der Waals surface area (Å²) in [6.07, 6.45) is 6.13. The first-order valence-corrected chi connectivity index (χ1v) is 5.30.